The van der Waals surface area contributed by atoms with E-state index < -0.39 is 6.04 Å². The van der Waals surface area contributed by atoms with Gasteiger partial charge in [-0.25, -0.2) is 4.99 Å². The summed E-state index contributed by atoms with van der Waals surface area (Å²) < 4.78 is 10.6. The van der Waals surface area contributed by atoms with E-state index in [0.29, 0.717) is 23.8 Å². The molecule has 0 aliphatic heterocycles. The first kappa shape index (κ1) is 26.5. The van der Waals surface area contributed by atoms with Crippen molar-refractivity contribution in [1.82, 2.24) is 10.6 Å². The van der Waals surface area contributed by atoms with Crippen molar-refractivity contribution >= 4 is 17.8 Å². The fraction of sp³-hybridized carbons (Fsp3) is 0.483. The van der Waals surface area contributed by atoms with E-state index >= 15 is 0 Å². The number of methoxy groups -OCH3 is 2. The van der Waals surface area contributed by atoms with Crippen molar-refractivity contribution in [3.05, 3.63) is 59.2 Å². The molecule has 2 amide bonds. The molecule has 198 valence electrons. The molecular formula is C29H38N4O4. The summed E-state index contributed by atoms with van der Waals surface area (Å²) in [6.07, 6.45) is 8.33. The molecule has 0 saturated heterocycles. The molecular weight excluding hydrogens is 468 g/mol. The molecule has 2 aliphatic carbocycles. The molecule has 0 spiro atoms. The summed E-state index contributed by atoms with van der Waals surface area (Å²) in [6.45, 7) is 0. The lowest BCUT2D eigenvalue weighted by Gasteiger charge is -2.25. The van der Waals surface area contributed by atoms with Crippen LogP contribution in [0.25, 0.3) is 0 Å². The molecule has 4 rings (SSSR count). The summed E-state index contributed by atoms with van der Waals surface area (Å²) >= 11 is 0. The van der Waals surface area contributed by atoms with E-state index in [2.05, 4.69) is 27.8 Å². The van der Waals surface area contributed by atoms with Crippen LogP contribution in [0.2, 0.25) is 0 Å². The Hall–Kier alpha value is -3.55. The minimum atomic E-state index is -0.641. The number of hydrogen-bond acceptors (Lipinski definition) is 5. The zero-order valence-electron chi connectivity index (χ0n) is 21.8. The van der Waals surface area contributed by atoms with Gasteiger partial charge in [-0.15, -0.1) is 0 Å². The molecule has 1 fully saturated rings. The second kappa shape index (κ2) is 12.6. The van der Waals surface area contributed by atoms with Crippen LogP contribution < -0.4 is 25.8 Å². The quantitative estimate of drug-likeness (QED) is 0.353. The Kier molecular flexibility index (Phi) is 9.04. The Morgan fingerprint density at radius 1 is 1.03 bits per heavy atom. The number of nitrogens with one attached hydrogen (secondary N) is 2. The SMILES string of the molecule is COc1ccc(CC(=O)NC(N)=NC(CC2CCCCC2)C(=O)NC2CCc3ccccc32)cc1OC. The fourth-order valence-corrected chi connectivity index (χ4v) is 5.50. The highest BCUT2D eigenvalue weighted by atomic mass is 16.5. The number of benzene rings is 2. The number of nitrogens with two attached hydrogens (primary N) is 1. The maximum absolute atomic E-state index is 13.4. The first-order chi connectivity index (χ1) is 18.0. The number of aryl methyl sites for hydroxylation is 1. The summed E-state index contributed by atoms with van der Waals surface area (Å²) in [5.74, 6) is 1.09. The summed E-state index contributed by atoms with van der Waals surface area (Å²) in [4.78, 5) is 30.6. The van der Waals surface area contributed by atoms with Crippen LogP contribution in [-0.2, 0) is 22.4 Å². The Balaban J connectivity index is 1.43. The molecule has 0 radical (unpaired) electrons. The van der Waals surface area contributed by atoms with E-state index in [-0.39, 0.29) is 30.2 Å². The number of nitrogens with zero attached hydrogens (tertiary/aromatic N) is 1. The van der Waals surface area contributed by atoms with E-state index in [9.17, 15) is 9.59 Å². The Morgan fingerprint density at radius 3 is 2.54 bits per heavy atom. The number of amides is 2. The van der Waals surface area contributed by atoms with Crippen LogP contribution in [0.5, 0.6) is 11.5 Å². The van der Waals surface area contributed by atoms with E-state index in [1.165, 1.54) is 30.4 Å². The number of guanidine groups is 1. The summed E-state index contributed by atoms with van der Waals surface area (Å²) in [5, 5.41) is 5.87. The zero-order valence-corrected chi connectivity index (χ0v) is 21.8. The van der Waals surface area contributed by atoms with Gasteiger partial charge in [-0.3, -0.25) is 14.9 Å². The third-order valence-corrected chi connectivity index (χ3v) is 7.41. The average molecular weight is 507 g/mol. The van der Waals surface area contributed by atoms with E-state index in [1.54, 1.807) is 32.4 Å². The minimum absolute atomic E-state index is 0.0198. The van der Waals surface area contributed by atoms with E-state index in [0.717, 1.165) is 31.2 Å². The number of hydrogen-bond donors (Lipinski definition) is 3. The third-order valence-electron chi connectivity index (χ3n) is 7.41. The highest BCUT2D eigenvalue weighted by Crippen LogP contribution is 2.32. The van der Waals surface area contributed by atoms with Gasteiger partial charge in [-0.05, 0) is 54.0 Å². The standard InChI is InChI=1S/C29H38N4O4/c1-36-25-15-12-20(17-26(25)37-2)18-27(34)33-29(30)32-24(16-19-8-4-3-5-9-19)28(35)31-23-14-13-21-10-6-7-11-22(21)23/h6-7,10-12,15,17,19,23-24H,3-5,8-9,13-14,16,18H2,1-2H3,(H,31,35)(H3,30,32,33,34). The molecule has 2 aromatic rings. The Morgan fingerprint density at radius 2 is 1.78 bits per heavy atom. The largest absolute Gasteiger partial charge is 0.493 e. The summed E-state index contributed by atoms with van der Waals surface area (Å²) in [5.41, 5.74) is 9.35. The first-order valence-corrected chi connectivity index (χ1v) is 13.2. The molecule has 4 N–H and O–H groups in total. The van der Waals surface area contributed by atoms with Gasteiger partial charge in [-0.2, -0.15) is 0 Å². The second-order valence-corrected chi connectivity index (χ2v) is 9.98. The van der Waals surface area contributed by atoms with Gasteiger partial charge in [-0.1, -0.05) is 62.4 Å². The number of carbonyl (C=O) groups excluding carboxylic acids is 2. The van der Waals surface area contributed by atoms with Gasteiger partial charge in [0.25, 0.3) is 0 Å². The van der Waals surface area contributed by atoms with Gasteiger partial charge in [0, 0.05) is 0 Å². The van der Waals surface area contributed by atoms with Gasteiger partial charge in [0.15, 0.2) is 17.5 Å². The van der Waals surface area contributed by atoms with Crippen molar-refractivity contribution in [3.8, 4) is 11.5 Å². The van der Waals surface area contributed by atoms with Crippen LogP contribution >= 0.6 is 0 Å². The van der Waals surface area contributed by atoms with Crippen molar-refractivity contribution in [1.29, 1.82) is 0 Å². The lowest BCUT2D eigenvalue weighted by atomic mass is 9.84. The normalized spacial score (nSPS) is 18.5. The van der Waals surface area contributed by atoms with E-state index in [1.807, 2.05) is 12.1 Å². The van der Waals surface area contributed by atoms with Crippen molar-refractivity contribution in [2.24, 2.45) is 16.6 Å². The lowest BCUT2D eigenvalue weighted by molar-refractivity contribution is -0.123. The highest BCUT2D eigenvalue weighted by Gasteiger charge is 2.29. The third kappa shape index (κ3) is 7.02. The summed E-state index contributed by atoms with van der Waals surface area (Å²) in [7, 11) is 3.11. The van der Waals surface area contributed by atoms with Crippen molar-refractivity contribution in [3.63, 3.8) is 0 Å². The number of aliphatic imine (C=N–C) groups is 1. The lowest BCUT2D eigenvalue weighted by Crippen LogP contribution is -2.42. The predicted molar refractivity (Wildman–Crippen MR) is 144 cm³/mol. The molecule has 2 unspecified atom stereocenters. The monoisotopic (exact) mass is 506 g/mol. The van der Waals surface area contributed by atoms with Gasteiger partial charge in [0.2, 0.25) is 11.8 Å². The molecule has 2 aliphatic rings. The molecule has 0 aromatic heterocycles. The summed E-state index contributed by atoms with van der Waals surface area (Å²) in [6, 6.07) is 12.9. The fourth-order valence-electron chi connectivity index (χ4n) is 5.50. The minimum Gasteiger partial charge on any atom is -0.493 e. The Labute approximate surface area is 219 Å². The van der Waals surface area contributed by atoms with Gasteiger partial charge >= 0.3 is 0 Å². The van der Waals surface area contributed by atoms with Crippen LogP contribution in [0.1, 0.15) is 67.7 Å². The van der Waals surface area contributed by atoms with E-state index in [4.69, 9.17) is 15.2 Å². The average Bonchev–Trinajstić information content (AvgIpc) is 3.31. The first-order valence-electron chi connectivity index (χ1n) is 13.2. The smallest absolute Gasteiger partial charge is 0.245 e. The van der Waals surface area contributed by atoms with Crippen LogP contribution in [0.4, 0.5) is 0 Å². The van der Waals surface area contributed by atoms with Crippen LogP contribution in [0, 0.1) is 5.92 Å². The van der Waals surface area contributed by atoms with Crippen molar-refractivity contribution in [2.75, 3.05) is 14.2 Å². The van der Waals surface area contributed by atoms with Crippen molar-refractivity contribution < 1.29 is 19.1 Å². The van der Waals surface area contributed by atoms with Crippen LogP contribution in [0.3, 0.4) is 0 Å². The molecule has 0 heterocycles. The topological polar surface area (TPSA) is 115 Å². The predicted octanol–water partition coefficient (Wildman–Crippen LogP) is 3.82. The number of ether oxygens (including phenoxy) is 2. The number of rotatable bonds is 9. The van der Waals surface area contributed by atoms with Crippen LogP contribution in [0.15, 0.2) is 47.5 Å². The highest BCUT2D eigenvalue weighted by molar-refractivity contribution is 5.98. The molecule has 0 bridgehead atoms. The molecule has 2 atom stereocenters. The maximum atomic E-state index is 13.4. The molecule has 2 aromatic carbocycles. The Bertz CT molecular complexity index is 1130. The van der Waals surface area contributed by atoms with Gasteiger partial charge in [0.05, 0.1) is 26.7 Å². The number of fused-ring (bicyclic) bond motifs is 1. The molecule has 8 nitrogen and oxygen atoms in total. The van der Waals surface area contributed by atoms with Gasteiger partial charge < -0.3 is 20.5 Å². The van der Waals surface area contributed by atoms with Crippen molar-refractivity contribution in [2.45, 2.75) is 69.9 Å². The molecule has 37 heavy (non-hydrogen) atoms. The number of carbonyl (C=O) groups is 2. The maximum Gasteiger partial charge on any atom is 0.245 e. The second-order valence-electron chi connectivity index (χ2n) is 9.98. The zero-order chi connectivity index (χ0) is 26.2. The van der Waals surface area contributed by atoms with Gasteiger partial charge in [0.1, 0.15) is 6.04 Å². The molecule has 1 saturated carbocycles. The molecule has 8 heteroatoms. The van der Waals surface area contributed by atoms with Crippen LogP contribution in [-0.4, -0.2) is 38.0 Å².